The summed E-state index contributed by atoms with van der Waals surface area (Å²) in [4.78, 5) is 23.4. The van der Waals surface area contributed by atoms with Crippen LogP contribution in [0.4, 0.5) is 10.5 Å². The van der Waals surface area contributed by atoms with E-state index in [-0.39, 0.29) is 18.1 Å². The van der Waals surface area contributed by atoms with Gasteiger partial charge in [0.25, 0.3) is 5.91 Å². The molecule has 0 saturated heterocycles. The number of carbonyl (C=O) groups excluding carboxylic acids is 2. The Labute approximate surface area is 147 Å². The lowest BCUT2D eigenvalue weighted by Gasteiger charge is -2.20. The number of urea groups is 1. The molecular formula is C19H23N3O3. The molecule has 2 aromatic rings. The smallest absolute Gasteiger partial charge is 0.316 e. The molecule has 6 heteroatoms. The number of para-hydroxylation sites is 1. The van der Waals surface area contributed by atoms with E-state index in [0.717, 1.165) is 11.3 Å². The number of hydrogen-bond donors (Lipinski definition) is 3. The van der Waals surface area contributed by atoms with Crippen molar-refractivity contribution in [1.29, 1.82) is 0 Å². The van der Waals surface area contributed by atoms with Crippen molar-refractivity contribution >= 4 is 17.6 Å². The number of carbonyl (C=O) groups is 2. The van der Waals surface area contributed by atoms with Gasteiger partial charge in [0.05, 0.1) is 12.1 Å². The Morgan fingerprint density at radius 1 is 1.04 bits per heavy atom. The van der Waals surface area contributed by atoms with Gasteiger partial charge >= 0.3 is 6.03 Å². The quantitative estimate of drug-likeness (QED) is 0.751. The van der Waals surface area contributed by atoms with Gasteiger partial charge in [-0.15, -0.1) is 0 Å². The van der Waals surface area contributed by atoms with E-state index in [1.54, 1.807) is 24.3 Å². The summed E-state index contributed by atoms with van der Waals surface area (Å²) in [6, 6.07) is 13.3. The molecule has 2 rings (SSSR count). The number of primary amides is 1. The number of ether oxygens (including phenoxy) is 1. The van der Waals surface area contributed by atoms with Gasteiger partial charge in [-0.25, -0.2) is 4.79 Å². The van der Waals surface area contributed by atoms with Gasteiger partial charge in [0, 0.05) is 16.8 Å². The molecule has 132 valence electrons. The van der Waals surface area contributed by atoms with Crippen LogP contribution in [0.2, 0.25) is 0 Å². The minimum absolute atomic E-state index is 0.0422. The number of benzene rings is 2. The lowest BCUT2D eigenvalue weighted by atomic mass is 10.1. The first-order chi connectivity index (χ1) is 11.9. The Kier molecular flexibility index (Phi) is 6.00. The molecule has 0 unspecified atom stereocenters. The van der Waals surface area contributed by atoms with Crippen molar-refractivity contribution in [2.24, 2.45) is 5.73 Å². The molecule has 0 spiro atoms. The molecule has 6 nitrogen and oxygen atoms in total. The maximum Gasteiger partial charge on any atom is 0.316 e. The molecule has 0 bridgehead atoms. The van der Waals surface area contributed by atoms with Crippen molar-refractivity contribution in [1.82, 2.24) is 5.32 Å². The van der Waals surface area contributed by atoms with E-state index < -0.39 is 6.03 Å². The zero-order valence-electron chi connectivity index (χ0n) is 14.6. The van der Waals surface area contributed by atoms with Crippen molar-refractivity contribution in [2.45, 2.75) is 32.9 Å². The predicted octanol–water partition coefficient (Wildman–Crippen LogP) is 3.46. The van der Waals surface area contributed by atoms with Crippen LogP contribution in [0.3, 0.4) is 0 Å². The summed E-state index contributed by atoms with van der Waals surface area (Å²) in [6.45, 7) is 5.81. The normalized spacial score (nSPS) is 11.7. The van der Waals surface area contributed by atoms with Crippen LogP contribution in [-0.2, 0) is 0 Å². The minimum atomic E-state index is -0.675. The highest BCUT2D eigenvalue weighted by Gasteiger charge is 2.16. The molecule has 0 radical (unpaired) electrons. The molecule has 0 aromatic heterocycles. The maximum atomic E-state index is 12.5. The van der Waals surface area contributed by atoms with Gasteiger partial charge in [-0.05, 0) is 45.0 Å². The minimum Gasteiger partial charge on any atom is -0.491 e. The highest BCUT2D eigenvalue weighted by Crippen LogP contribution is 2.26. The SMILES string of the molecule is CC(C)Oc1ccccc1[C@H](C)NC(=O)c1cccc(NC(N)=O)c1. The molecule has 0 fully saturated rings. The average Bonchev–Trinajstić information content (AvgIpc) is 2.54. The molecule has 1 atom stereocenters. The van der Waals surface area contributed by atoms with E-state index in [4.69, 9.17) is 10.5 Å². The number of rotatable bonds is 6. The Balaban J connectivity index is 2.14. The van der Waals surface area contributed by atoms with Crippen molar-refractivity contribution in [3.05, 3.63) is 59.7 Å². The summed E-state index contributed by atoms with van der Waals surface area (Å²) in [5.41, 5.74) is 6.90. The first kappa shape index (κ1) is 18.3. The molecule has 4 N–H and O–H groups in total. The highest BCUT2D eigenvalue weighted by molar-refractivity contribution is 5.96. The average molecular weight is 341 g/mol. The van der Waals surface area contributed by atoms with Gasteiger partial charge in [-0.3, -0.25) is 4.79 Å². The second kappa shape index (κ2) is 8.19. The van der Waals surface area contributed by atoms with E-state index in [0.29, 0.717) is 11.3 Å². The molecule has 2 aromatic carbocycles. The van der Waals surface area contributed by atoms with Gasteiger partial charge in [0.2, 0.25) is 0 Å². The second-order valence-corrected chi connectivity index (χ2v) is 5.97. The molecule has 0 aliphatic carbocycles. The lowest BCUT2D eigenvalue weighted by Crippen LogP contribution is -2.27. The molecule has 0 heterocycles. The first-order valence-corrected chi connectivity index (χ1v) is 8.09. The second-order valence-electron chi connectivity index (χ2n) is 5.97. The van der Waals surface area contributed by atoms with Crippen LogP contribution in [-0.4, -0.2) is 18.0 Å². The summed E-state index contributed by atoms with van der Waals surface area (Å²) >= 11 is 0. The number of hydrogen-bond acceptors (Lipinski definition) is 3. The fraction of sp³-hybridized carbons (Fsp3) is 0.263. The number of anilines is 1. The standard InChI is InChI=1S/C19H23N3O3/c1-12(2)25-17-10-5-4-9-16(17)13(3)21-18(23)14-7-6-8-15(11-14)22-19(20)24/h4-13H,1-3H3,(H,21,23)(H3,20,22,24)/t13-/m0/s1. The molecule has 0 aliphatic heterocycles. The van der Waals surface area contributed by atoms with E-state index >= 15 is 0 Å². The fourth-order valence-electron chi connectivity index (χ4n) is 2.44. The first-order valence-electron chi connectivity index (χ1n) is 8.09. The molecule has 0 saturated carbocycles. The monoisotopic (exact) mass is 341 g/mol. The fourth-order valence-corrected chi connectivity index (χ4v) is 2.44. The number of nitrogens with two attached hydrogens (primary N) is 1. The predicted molar refractivity (Wildman–Crippen MR) is 97.7 cm³/mol. The summed E-state index contributed by atoms with van der Waals surface area (Å²) in [6.07, 6.45) is 0.0422. The van der Waals surface area contributed by atoms with E-state index in [9.17, 15) is 9.59 Å². The van der Waals surface area contributed by atoms with Crippen LogP contribution < -0.4 is 21.1 Å². The van der Waals surface area contributed by atoms with E-state index in [1.165, 1.54) is 0 Å². The Morgan fingerprint density at radius 2 is 1.76 bits per heavy atom. The molecule has 25 heavy (non-hydrogen) atoms. The molecule has 3 amide bonds. The van der Waals surface area contributed by atoms with Crippen molar-refractivity contribution < 1.29 is 14.3 Å². The van der Waals surface area contributed by atoms with Gasteiger partial charge in [0.15, 0.2) is 0 Å². The zero-order valence-corrected chi connectivity index (χ0v) is 14.6. The van der Waals surface area contributed by atoms with Crippen molar-refractivity contribution in [3.63, 3.8) is 0 Å². The number of nitrogens with one attached hydrogen (secondary N) is 2. The topological polar surface area (TPSA) is 93.4 Å². The third-order valence-electron chi connectivity index (χ3n) is 3.49. The molecular weight excluding hydrogens is 318 g/mol. The summed E-state index contributed by atoms with van der Waals surface area (Å²) < 4.78 is 5.80. The van der Waals surface area contributed by atoms with Crippen LogP contribution in [0.25, 0.3) is 0 Å². The third-order valence-corrected chi connectivity index (χ3v) is 3.49. The van der Waals surface area contributed by atoms with E-state index in [2.05, 4.69) is 10.6 Å². The van der Waals surface area contributed by atoms with Gasteiger partial charge in [-0.2, -0.15) is 0 Å². The van der Waals surface area contributed by atoms with Crippen LogP contribution in [0.15, 0.2) is 48.5 Å². The highest BCUT2D eigenvalue weighted by atomic mass is 16.5. The lowest BCUT2D eigenvalue weighted by molar-refractivity contribution is 0.0939. The Hall–Kier alpha value is -3.02. The van der Waals surface area contributed by atoms with Gasteiger partial charge < -0.3 is 21.1 Å². The van der Waals surface area contributed by atoms with Crippen LogP contribution >= 0.6 is 0 Å². The van der Waals surface area contributed by atoms with Crippen molar-refractivity contribution in [3.8, 4) is 5.75 Å². The Morgan fingerprint density at radius 3 is 2.44 bits per heavy atom. The van der Waals surface area contributed by atoms with Gasteiger partial charge in [-0.1, -0.05) is 24.3 Å². The van der Waals surface area contributed by atoms with E-state index in [1.807, 2.05) is 45.0 Å². The van der Waals surface area contributed by atoms with Gasteiger partial charge in [0.1, 0.15) is 5.75 Å². The third kappa shape index (κ3) is 5.24. The summed E-state index contributed by atoms with van der Waals surface area (Å²) in [5, 5.41) is 5.40. The summed E-state index contributed by atoms with van der Waals surface area (Å²) in [7, 11) is 0. The van der Waals surface area contributed by atoms with Crippen LogP contribution in [0, 0.1) is 0 Å². The largest absolute Gasteiger partial charge is 0.491 e. The number of amides is 3. The molecule has 0 aliphatic rings. The van der Waals surface area contributed by atoms with Crippen LogP contribution in [0.1, 0.15) is 42.7 Å². The maximum absolute atomic E-state index is 12.5. The summed E-state index contributed by atoms with van der Waals surface area (Å²) in [5.74, 6) is 0.495. The zero-order chi connectivity index (χ0) is 18.4. The van der Waals surface area contributed by atoms with Crippen molar-refractivity contribution in [2.75, 3.05) is 5.32 Å². The van der Waals surface area contributed by atoms with Crippen LogP contribution in [0.5, 0.6) is 5.75 Å². The Bertz CT molecular complexity index is 759.